The van der Waals surface area contributed by atoms with E-state index in [1.165, 1.54) is 11.8 Å². The van der Waals surface area contributed by atoms with Gasteiger partial charge in [-0.1, -0.05) is 19.1 Å². The molecule has 7 heteroatoms. The number of nitrogens with zero attached hydrogens (tertiary/aromatic N) is 3. The van der Waals surface area contributed by atoms with Gasteiger partial charge in [-0.05, 0) is 62.6 Å². The second-order valence-electron chi connectivity index (χ2n) is 7.50. The van der Waals surface area contributed by atoms with Gasteiger partial charge in [-0.3, -0.25) is 9.89 Å². The Labute approximate surface area is 174 Å². The maximum absolute atomic E-state index is 12.0. The fourth-order valence-electron chi connectivity index (χ4n) is 3.28. The van der Waals surface area contributed by atoms with Gasteiger partial charge in [0.15, 0.2) is 11.0 Å². The summed E-state index contributed by atoms with van der Waals surface area (Å²) in [4.78, 5) is 22.5. The van der Waals surface area contributed by atoms with E-state index in [1.54, 1.807) is 0 Å². The summed E-state index contributed by atoms with van der Waals surface area (Å²) in [7, 11) is 0. The molecule has 2 aromatic heterocycles. The van der Waals surface area contributed by atoms with Gasteiger partial charge in [0.1, 0.15) is 11.6 Å². The zero-order chi connectivity index (χ0) is 20.4. The van der Waals surface area contributed by atoms with E-state index in [4.69, 9.17) is 4.98 Å². The van der Waals surface area contributed by atoms with Crippen LogP contribution in [0, 0.1) is 19.8 Å². The molecule has 150 valence electrons. The van der Waals surface area contributed by atoms with E-state index in [0.29, 0.717) is 23.3 Å². The van der Waals surface area contributed by atoms with E-state index in [1.807, 2.05) is 44.2 Å². The number of nitrogens with one attached hydrogen (secondary N) is 2. The smallest absolute Gasteiger partial charge is 0.194 e. The van der Waals surface area contributed by atoms with E-state index in [9.17, 15) is 4.79 Å². The number of benzene rings is 1. The highest BCUT2D eigenvalue weighted by molar-refractivity contribution is 7.99. The molecule has 3 aromatic rings. The molecule has 1 aliphatic rings. The molecule has 2 heterocycles. The van der Waals surface area contributed by atoms with E-state index < -0.39 is 0 Å². The Balaban J connectivity index is 1.51. The Morgan fingerprint density at radius 3 is 2.59 bits per heavy atom. The molecule has 0 aliphatic heterocycles. The minimum Gasteiger partial charge on any atom is -0.323 e. The summed E-state index contributed by atoms with van der Waals surface area (Å²) in [5, 5.41) is 11.2. The minimum absolute atomic E-state index is 0.307. The highest BCUT2D eigenvalue weighted by Crippen LogP contribution is 2.32. The standard InChI is InChI=1S/C22H25N5OS/c1-4-18-14(3)23-22(25-21(18)24-20-11-13(2)26-27-20)29-17-9-5-15(6-10-17)12-19(28)16-7-8-16/h5-6,9-11,16H,4,7-8,12H2,1-3H3,(H2,23,24,25,26,27). The minimum atomic E-state index is 0.307. The molecule has 0 spiro atoms. The summed E-state index contributed by atoms with van der Waals surface area (Å²) in [5.74, 6) is 2.21. The van der Waals surface area contributed by atoms with Crippen molar-refractivity contribution in [1.29, 1.82) is 0 Å². The van der Waals surface area contributed by atoms with Gasteiger partial charge in [0.25, 0.3) is 0 Å². The van der Waals surface area contributed by atoms with Crippen molar-refractivity contribution in [3.8, 4) is 0 Å². The molecule has 1 aliphatic carbocycles. The van der Waals surface area contributed by atoms with Gasteiger partial charge in [-0.25, -0.2) is 9.97 Å². The number of hydrogen-bond acceptors (Lipinski definition) is 6. The van der Waals surface area contributed by atoms with Crippen molar-refractivity contribution in [2.24, 2.45) is 5.92 Å². The van der Waals surface area contributed by atoms with Gasteiger partial charge >= 0.3 is 0 Å². The van der Waals surface area contributed by atoms with Crippen LogP contribution in [0.25, 0.3) is 0 Å². The topological polar surface area (TPSA) is 83.6 Å². The first-order valence-corrected chi connectivity index (χ1v) is 10.8. The van der Waals surface area contributed by atoms with Gasteiger partial charge in [0.2, 0.25) is 0 Å². The van der Waals surface area contributed by atoms with Crippen molar-refractivity contribution in [3.05, 3.63) is 52.8 Å². The van der Waals surface area contributed by atoms with Crippen molar-refractivity contribution >= 4 is 29.2 Å². The first-order valence-electron chi connectivity index (χ1n) is 9.98. The third-order valence-corrected chi connectivity index (χ3v) is 5.92. The van der Waals surface area contributed by atoms with Crippen LogP contribution in [0.1, 0.15) is 42.3 Å². The first kappa shape index (κ1) is 19.6. The van der Waals surface area contributed by atoms with Crippen molar-refractivity contribution < 1.29 is 4.79 Å². The van der Waals surface area contributed by atoms with Crippen LogP contribution in [0.5, 0.6) is 0 Å². The molecular formula is C22H25N5OS. The van der Waals surface area contributed by atoms with Crippen molar-refractivity contribution in [1.82, 2.24) is 20.2 Å². The number of aromatic nitrogens is 4. The van der Waals surface area contributed by atoms with Gasteiger partial charge in [0.05, 0.1) is 0 Å². The average molecular weight is 408 g/mol. The highest BCUT2D eigenvalue weighted by Gasteiger charge is 2.29. The number of ketones is 1. The number of anilines is 2. The molecule has 29 heavy (non-hydrogen) atoms. The molecule has 0 atom stereocenters. The molecule has 0 radical (unpaired) electrons. The van der Waals surface area contributed by atoms with E-state index in [-0.39, 0.29) is 0 Å². The molecule has 4 rings (SSSR count). The summed E-state index contributed by atoms with van der Waals surface area (Å²) in [6, 6.07) is 10.1. The summed E-state index contributed by atoms with van der Waals surface area (Å²) >= 11 is 1.52. The lowest BCUT2D eigenvalue weighted by Gasteiger charge is -2.12. The number of Topliss-reactive ketones (excluding diaryl/α,β-unsaturated/α-hetero) is 1. The molecule has 2 N–H and O–H groups in total. The molecule has 0 saturated heterocycles. The molecule has 0 unspecified atom stereocenters. The monoisotopic (exact) mass is 407 g/mol. The molecule has 0 amide bonds. The van der Waals surface area contributed by atoms with Crippen molar-refractivity contribution in [3.63, 3.8) is 0 Å². The predicted molar refractivity (Wildman–Crippen MR) is 115 cm³/mol. The Morgan fingerprint density at radius 1 is 1.21 bits per heavy atom. The fraction of sp³-hybridized carbons (Fsp3) is 0.364. The maximum Gasteiger partial charge on any atom is 0.194 e. The summed E-state index contributed by atoms with van der Waals surface area (Å²) in [6.45, 7) is 6.08. The van der Waals surface area contributed by atoms with Crippen LogP contribution in [0.15, 0.2) is 40.4 Å². The number of carbonyl (C=O) groups is 1. The van der Waals surface area contributed by atoms with Gasteiger partial charge in [-0.15, -0.1) is 0 Å². The Hall–Kier alpha value is -2.67. The lowest BCUT2D eigenvalue weighted by Crippen LogP contribution is -2.05. The van der Waals surface area contributed by atoms with Gasteiger partial charge in [-0.2, -0.15) is 5.10 Å². The second-order valence-corrected chi connectivity index (χ2v) is 8.54. The average Bonchev–Trinajstić information content (AvgIpc) is 3.46. The summed E-state index contributed by atoms with van der Waals surface area (Å²) in [5.41, 5.74) is 4.11. The quantitative estimate of drug-likeness (QED) is 0.522. The first-order chi connectivity index (χ1) is 14.0. The van der Waals surface area contributed by atoms with Gasteiger partial charge < -0.3 is 5.32 Å². The normalized spacial score (nSPS) is 13.5. The third-order valence-electron chi connectivity index (χ3n) is 5.04. The Kier molecular flexibility index (Phi) is 5.67. The Morgan fingerprint density at radius 2 is 1.97 bits per heavy atom. The highest BCUT2D eigenvalue weighted by atomic mass is 32.2. The molecule has 1 saturated carbocycles. The number of hydrogen-bond donors (Lipinski definition) is 2. The molecule has 6 nitrogen and oxygen atoms in total. The van der Waals surface area contributed by atoms with Crippen LogP contribution in [0.3, 0.4) is 0 Å². The maximum atomic E-state index is 12.0. The van der Waals surface area contributed by atoms with Crippen LogP contribution in [-0.2, 0) is 17.6 Å². The van der Waals surface area contributed by atoms with Crippen molar-refractivity contribution in [2.75, 3.05) is 5.32 Å². The van der Waals surface area contributed by atoms with Crippen LogP contribution in [0.4, 0.5) is 11.6 Å². The van der Waals surface area contributed by atoms with E-state index >= 15 is 0 Å². The fourth-order valence-corrected chi connectivity index (χ4v) is 4.08. The predicted octanol–water partition coefficient (Wildman–Crippen LogP) is 4.80. The molecule has 1 aromatic carbocycles. The van der Waals surface area contributed by atoms with Crippen LogP contribution >= 0.6 is 11.8 Å². The van der Waals surface area contributed by atoms with Crippen molar-refractivity contribution in [2.45, 2.75) is 56.5 Å². The zero-order valence-corrected chi connectivity index (χ0v) is 17.8. The zero-order valence-electron chi connectivity index (χ0n) is 17.0. The lowest BCUT2D eigenvalue weighted by atomic mass is 10.1. The van der Waals surface area contributed by atoms with E-state index in [0.717, 1.165) is 58.3 Å². The second kappa shape index (κ2) is 8.37. The van der Waals surface area contributed by atoms with Gasteiger partial charge in [0, 0.05) is 40.3 Å². The molecule has 0 bridgehead atoms. The van der Waals surface area contributed by atoms with Crippen LogP contribution < -0.4 is 5.32 Å². The Bertz CT molecular complexity index is 1020. The molecular weight excluding hydrogens is 382 g/mol. The third kappa shape index (κ3) is 4.85. The lowest BCUT2D eigenvalue weighted by molar-refractivity contribution is -0.119. The van der Waals surface area contributed by atoms with Crippen LogP contribution in [-0.4, -0.2) is 25.9 Å². The SMILES string of the molecule is CCc1c(C)nc(Sc2ccc(CC(=O)C3CC3)cc2)nc1Nc1cc(C)[nH]n1. The van der Waals surface area contributed by atoms with Crippen LogP contribution in [0.2, 0.25) is 0 Å². The largest absolute Gasteiger partial charge is 0.323 e. The number of rotatable bonds is 8. The molecule has 1 fully saturated rings. The summed E-state index contributed by atoms with van der Waals surface area (Å²) < 4.78 is 0. The number of H-pyrrole nitrogens is 1. The number of aryl methyl sites for hydroxylation is 2. The van der Waals surface area contributed by atoms with E-state index in [2.05, 4.69) is 27.4 Å². The summed E-state index contributed by atoms with van der Waals surface area (Å²) in [6.07, 6.45) is 3.50. The number of aromatic amines is 1. The number of carbonyl (C=O) groups excluding carboxylic acids is 1.